The van der Waals surface area contributed by atoms with Crippen LogP contribution in [0.3, 0.4) is 0 Å². The lowest BCUT2D eigenvalue weighted by Gasteiger charge is -2.36. The zero-order chi connectivity index (χ0) is 87.4. The summed E-state index contributed by atoms with van der Waals surface area (Å²) in [5.41, 5.74) is 35.1. The second-order valence-corrected chi connectivity index (χ2v) is 41.5. The third-order valence-corrected chi connectivity index (χ3v) is 32.9. The topological polar surface area (TPSA) is 450 Å². The Morgan fingerprint density at radius 1 is 0.480 bits per heavy atom. The first kappa shape index (κ1) is 83.7. The molecule has 0 spiro atoms. The number of benzene rings is 4. The number of anilines is 5. The highest BCUT2D eigenvalue weighted by Crippen LogP contribution is 2.51. The lowest BCUT2D eigenvalue weighted by atomic mass is 9.72. The molecular weight excluding hydrogens is 1830 g/mol. The number of nitrogens with zero attached hydrogens (tertiary/aromatic N) is 16. The summed E-state index contributed by atoms with van der Waals surface area (Å²) in [5.74, 6) is 3.99. The van der Waals surface area contributed by atoms with Gasteiger partial charge in [0, 0.05) is 121 Å². The first-order valence-electron chi connectivity index (χ1n) is 41.8. The number of hydrogen-bond acceptors (Lipinski definition) is 31. The van der Waals surface area contributed by atoms with Crippen LogP contribution in [0.2, 0.25) is 0 Å². The number of aromatic carboxylic acids is 1. The van der Waals surface area contributed by atoms with E-state index in [0.29, 0.717) is 106 Å². The van der Waals surface area contributed by atoms with Crippen molar-refractivity contribution in [3.63, 3.8) is 0 Å². The molecule has 4 saturated heterocycles. The Morgan fingerprint density at radius 3 is 1.31 bits per heavy atom. The van der Waals surface area contributed by atoms with Crippen LogP contribution in [0.15, 0.2) is 124 Å². The van der Waals surface area contributed by atoms with E-state index in [4.69, 9.17) is 57.8 Å². The number of rotatable bonds is 17. The smallest absolute Gasteiger partial charge is 0.355 e. The number of carbonyl (C=O) groups is 1. The number of nitrogens with two attached hydrogens (primary N) is 4. The molecule has 0 amide bonds. The van der Waals surface area contributed by atoms with Crippen LogP contribution in [0.1, 0.15) is 86.5 Å². The van der Waals surface area contributed by atoms with Gasteiger partial charge in [-0.05, 0) is 221 Å². The molecule has 9 unspecified atom stereocenters. The quantitative estimate of drug-likeness (QED) is 0.0229. The van der Waals surface area contributed by atoms with Crippen molar-refractivity contribution < 1.29 is 27.5 Å². The van der Waals surface area contributed by atoms with E-state index in [1.165, 1.54) is 81.5 Å². The Morgan fingerprint density at radius 2 is 0.913 bits per heavy atom. The molecule has 8 aliphatic rings. The molecule has 654 valence electrons. The summed E-state index contributed by atoms with van der Waals surface area (Å²) in [6, 6.07) is 15.2. The van der Waals surface area contributed by atoms with Crippen molar-refractivity contribution in [1.82, 2.24) is 89.9 Å². The number of aromatic amines is 6. The van der Waals surface area contributed by atoms with E-state index in [0.717, 1.165) is 221 Å². The normalized spacial score (nSPS) is 22.6. The number of carboxylic acid groups (broad SMARTS) is 1. The third kappa shape index (κ3) is 15.5. The van der Waals surface area contributed by atoms with Crippen LogP contribution in [0, 0.1) is 58.8 Å². The van der Waals surface area contributed by atoms with Gasteiger partial charge in [-0.25, -0.2) is 77.0 Å². The van der Waals surface area contributed by atoms with Crippen molar-refractivity contribution in [2.75, 3.05) is 71.2 Å². The van der Waals surface area contributed by atoms with Crippen molar-refractivity contribution in [3.05, 3.63) is 142 Å². The van der Waals surface area contributed by atoms with Gasteiger partial charge in [0.25, 0.3) is 5.56 Å². The first-order valence-corrected chi connectivity index (χ1v) is 48.5. The number of aryl methyl sites for hydroxylation is 3. The standard InChI is InChI=1S/C22H21FN6O2S2.C21H20BrFN6S2.C21H21FN8O2S.C20H20FN7S2/c1-2-9-3-11(23)5-12-16-18(26-17(9)12)27-21(33-22-25-15(8-32-22)20(30)31)28-19(16)29-6-10-4-14(24)13(10)7-29;1-2-9-3-11(23)5-12-16-18(26-17(9)12)27-20(31-21-25-15(22)8-30-21)28-19(16)29-6-10-4-14(24)13(10)7-29;1-24-13-4-9(22)3-11-16-18(27-17(11)13)28-21(33-15-6-14(31)25-20(32)26-15)29-19(16)30-7-8-2-10(30)5-12(8)23;1-2-9-3-11(21)5-13-15-17(24-16(9)13)25-19(30-20-27-23-8-29-20)26-18(15)28-7-10-4-12(28)6-14(10)22/h3,5,8,10,13-14H,2,4,6-7,24H2,1H3,(H,30,31)(H,26,27,28);3,5,8,10,13-14H,2,4,6-7,24H2,1H3,(H,26,27,28);3-4,6,8,10,12,24H,2,5,7,23H2,1H3,(H,27,28,29)(H2,25,26,31,32);3,5,8,10,12,14H,2,4,6-7,22H2,1H3,(H,24,25,26)/t;;;10-,12-,14-/m...1/s1. The molecule has 16 aromatic rings. The first-order chi connectivity index (χ1) is 61.4. The summed E-state index contributed by atoms with van der Waals surface area (Å²) in [6.45, 7) is 11.2. The summed E-state index contributed by atoms with van der Waals surface area (Å²) in [4.78, 5) is 109. The zero-order valence-corrected chi connectivity index (χ0v) is 75.6. The Balaban J connectivity index is 0.000000103. The van der Waals surface area contributed by atoms with Crippen LogP contribution >= 0.6 is 97.0 Å². The second kappa shape index (κ2) is 33.4. The number of hydrogen-bond donors (Lipinski definition) is 12. The van der Waals surface area contributed by atoms with E-state index >= 15 is 0 Å². The molecule has 16 heterocycles. The van der Waals surface area contributed by atoms with Crippen molar-refractivity contribution >= 4 is 220 Å². The van der Waals surface area contributed by atoms with Gasteiger partial charge in [-0.3, -0.25) is 9.78 Å². The van der Waals surface area contributed by atoms with Gasteiger partial charge in [-0.1, -0.05) is 32.1 Å². The van der Waals surface area contributed by atoms with Crippen molar-refractivity contribution in [2.45, 2.75) is 153 Å². The number of fused-ring (bicyclic) bond motifs is 18. The molecule has 8 fully saturated rings. The molecule has 4 aliphatic heterocycles. The molecule has 12 aromatic heterocycles. The number of halogens is 5. The maximum absolute atomic E-state index is 14.5. The highest BCUT2D eigenvalue weighted by atomic mass is 79.9. The van der Waals surface area contributed by atoms with E-state index < -0.39 is 17.2 Å². The fraction of sp³-hybridized carbons (Fsp3) is 0.369. The molecule has 24 rings (SSSR count). The molecule has 127 heavy (non-hydrogen) atoms. The predicted molar refractivity (Wildman–Crippen MR) is 493 cm³/mol. The van der Waals surface area contributed by atoms with Gasteiger partial charge in [0.2, 0.25) is 0 Å². The van der Waals surface area contributed by atoms with E-state index in [1.807, 2.05) is 26.2 Å². The van der Waals surface area contributed by atoms with E-state index in [1.54, 1.807) is 60.3 Å². The van der Waals surface area contributed by atoms with Crippen LogP contribution in [-0.2, 0) is 19.3 Å². The fourth-order valence-corrected chi connectivity index (χ4v) is 26.1. The van der Waals surface area contributed by atoms with Gasteiger partial charge in [0.05, 0.1) is 54.3 Å². The fourth-order valence-electron chi connectivity index (χ4n) is 20.1. The average Bonchev–Trinajstić information content (AvgIpc) is 1.59. The summed E-state index contributed by atoms with van der Waals surface area (Å²) >= 11 is 12.8. The van der Waals surface area contributed by atoms with Crippen molar-refractivity contribution in [1.29, 1.82) is 0 Å². The van der Waals surface area contributed by atoms with E-state index in [2.05, 4.69) is 95.9 Å². The Labute approximate surface area is 756 Å². The number of carboxylic acids is 1. The molecule has 4 saturated carbocycles. The number of thiazole rings is 2. The van der Waals surface area contributed by atoms with Crippen LogP contribution in [0.5, 0.6) is 0 Å². The van der Waals surface area contributed by atoms with Gasteiger partial charge >= 0.3 is 11.7 Å². The molecule has 43 heteroatoms. The van der Waals surface area contributed by atoms with Gasteiger partial charge in [0.15, 0.2) is 39.3 Å². The molecule has 12 atom stereocenters. The molecule has 16 N–H and O–H groups in total. The molecule has 0 radical (unpaired) electrons. The minimum absolute atomic E-state index is 0.00239. The SMILES string of the molecule is CCc1cc(F)cc2c1[nH]c1nc(Sc3nc(Br)cs3)nc(N3CC4CC(N)C4C3)c12.CCc1cc(F)cc2c1[nH]c1nc(Sc3nc(C(=O)O)cs3)nc(N3CC4CC(N)C4C3)c12.CCc1cc(F)cc2c1[nH]c1nc(Sc3nncs3)nc(N3C[C@H]4C[C@@H]3C[C@H]4N)c12.CNc1cc(F)cc2c1[nH]c1nc(Sc3cc(=O)[nH]c(=O)[nH]3)nc(N3CC4CC3CC4N)c12. The van der Waals surface area contributed by atoms with Gasteiger partial charge < -0.3 is 77.9 Å². The number of nitrogens with one attached hydrogen (secondary N) is 7. The van der Waals surface area contributed by atoms with Crippen LogP contribution in [0.25, 0.3) is 87.7 Å². The molecule has 4 aliphatic carbocycles. The van der Waals surface area contributed by atoms with Gasteiger partial charge in [0.1, 0.15) is 79.2 Å². The Bertz CT molecular complexity index is 7180. The largest absolute Gasteiger partial charge is 0.476 e. The second-order valence-electron chi connectivity index (χ2n) is 33.5. The van der Waals surface area contributed by atoms with Crippen molar-refractivity contribution in [3.8, 4) is 0 Å². The van der Waals surface area contributed by atoms with Crippen LogP contribution < -0.4 is 59.1 Å². The summed E-state index contributed by atoms with van der Waals surface area (Å²) < 4.78 is 60.8. The molecule has 31 nitrogen and oxygen atoms in total. The third-order valence-electron chi connectivity index (χ3n) is 26.1. The number of H-pyrrole nitrogens is 6. The summed E-state index contributed by atoms with van der Waals surface area (Å²) in [6.07, 6.45) is 8.15. The Hall–Kier alpha value is -10.2. The van der Waals surface area contributed by atoms with Crippen LogP contribution in [-0.4, -0.2) is 184 Å². The maximum atomic E-state index is 14.5. The number of aromatic nitrogens is 18. The molecular formula is C84H82BrF4N27O4S7. The predicted octanol–water partition coefficient (Wildman–Crippen LogP) is 14.4. The van der Waals surface area contributed by atoms with Crippen molar-refractivity contribution in [2.24, 2.45) is 58.4 Å². The zero-order valence-electron chi connectivity index (χ0n) is 68.3. The van der Waals surface area contributed by atoms with E-state index in [9.17, 15) is 37.1 Å². The van der Waals surface area contributed by atoms with E-state index in [-0.39, 0.29) is 59.2 Å². The lowest BCUT2D eigenvalue weighted by molar-refractivity contribution is 0.0690. The highest BCUT2D eigenvalue weighted by Gasteiger charge is 2.49. The molecule has 4 bridgehead atoms. The minimum Gasteiger partial charge on any atom is -0.476 e. The monoisotopic (exact) mass is 1910 g/mol. The summed E-state index contributed by atoms with van der Waals surface area (Å²) in [7, 11) is 1.73. The maximum Gasteiger partial charge on any atom is 0.355 e. The van der Waals surface area contributed by atoms with Gasteiger partial charge in [-0.2, -0.15) is 0 Å². The molecule has 4 aromatic carbocycles. The Kier molecular flexibility index (Phi) is 22.0. The number of piperidine rings is 2. The lowest BCUT2D eigenvalue weighted by Crippen LogP contribution is -2.46. The highest BCUT2D eigenvalue weighted by molar-refractivity contribution is 9.10. The average molecular weight is 1910 g/mol. The van der Waals surface area contributed by atoms with Gasteiger partial charge in [-0.15, -0.1) is 32.9 Å². The minimum atomic E-state index is -1.07. The van der Waals surface area contributed by atoms with Crippen LogP contribution in [0.4, 0.5) is 46.5 Å². The summed E-state index contributed by atoms with van der Waals surface area (Å²) in [5, 5.41) is 32.6.